The van der Waals surface area contributed by atoms with Crippen molar-refractivity contribution in [2.24, 2.45) is 0 Å². The minimum atomic E-state index is -0.510. The Kier molecular flexibility index (Phi) is 3.20. The van der Waals surface area contributed by atoms with Gasteiger partial charge in [-0.1, -0.05) is 6.92 Å². The predicted molar refractivity (Wildman–Crippen MR) is 79.3 cm³/mol. The fraction of sp³-hybridized carbons (Fsp3) is 0.467. The van der Waals surface area contributed by atoms with E-state index in [2.05, 4.69) is 9.97 Å². The number of nitrogens with one attached hydrogen (secondary N) is 1. The molecular formula is C15H18FN3O2. The highest BCUT2D eigenvalue weighted by Gasteiger charge is 2.41. The largest absolute Gasteiger partial charge is 0.395 e. The number of hydrogen-bond donors (Lipinski definition) is 2. The van der Waals surface area contributed by atoms with Gasteiger partial charge in [-0.2, -0.15) is 0 Å². The smallest absolute Gasteiger partial charge is 0.258 e. The van der Waals surface area contributed by atoms with E-state index < -0.39 is 5.82 Å². The Morgan fingerprint density at radius 2 is 2.19 bits per heavy atom. The van der Waals surface area contributed by atoms with Crippen molar-refractivity contribution in [1.82, 2.24) is 9.97 Å². The van der Waals surface area contributed by atoms with E-state index in [0.29, 0.717) is 18.1 Å². The van der Waals surface area contributed by atoms with Crippen molar-refractivity contribution in [3.8, 4) is 0 Å². The van der Waals surface area contributed by atoms with E-state index in [-0.39, 0.29) is 28.5 Å². The molecule has 112 valence electrons. The molecule has 1 heterocycles. The zero-order valence-corrected chi connectivity index (χ0v) is 12.1. The summed E-state index contributed by atoms with van der Waals surface area (Å²) in [5, 5.41) is 9.19. The summed E-state index contributed by atoms with van der Waals surface area (Å²) in [5.74, 6) is 0.0549. The fourth-order valence-corrected chi connectivity index (χ4v) is 2.40. The second kappa shape index (κ2) is 4.80. The van der Waals surface area contributed by atoms with Crippen molar-refractivity contribution in [3.05, 3.63) is 34.1 Å². The molecule has 0 radical (unpaired) electrons. The highest BCUT2D eigenvalue weighted by molar-refractivity contribution is 5.82. The molecule has 1 aliphatic rings. The first-order chi connectivity index (χ1) is 9.94. The van der Waals surface area contributed by atoms with Crippen LogP contribution in [0.2, 0.25) is 0 Å². The van der Waals surface area contributed by atoms with Crippen LogP contribution in [0.15, 0.2) is 16.9 Å². The van der Waals surface area contributed by atoms with Crippen LogP contribution < -0.4 is 10.5 Å². The van der Waals surface area contributed by atoms with Crippen LogP contribution >= 0.6 is 0 Å². The van der Waals surface area contributed by atoms with Gasteiger partial charge in [0.2, 0.25) is 0 Å². The van der Waals surface area contributed by atoms with E-state index in [1.54, 1.807) is 18.0 Å². The molecule has 0 unspecified atom stereocenters. The number of hydrogen-bond acceptors (Lipinski definition) is 4. The number of fused-ring (bicyclic) bond motifs is 1. The minimum absolute atomic E-state index is 0.0396. The van der Waals surface area contributed by atoms with Gasteiger partial charge in [0.1, 0.15) is 11.3 Å². The van der Waals surface area contributed by atoms with Gasteiger partial charge >= 0.3 is 0 Å². The molecule has 21 heavy (non-hydrogen) atoms. The molecule has 0 bridgehead atoms. The van der Waals surface area contributed by atoms with E-state index in [0.717, 1.165) is 12.8 Å². The van der Waals surface area contributed by atoms with Gasteiger partial charge < -0.3 is 15.0 Å². The Hall–Kier alpha value is -1.95. The van der Waals surface area contributed by atoms with Gasteiger partial charge in [-0.15, -0.1) is 0 Å². The third kappa shape index (κ3) is 2.40. The van der Waals surface area contributed by atoms with Crippen LogP contribution in [-0.2, 0) is 5.41 Å². The summed E-state index contributed by atoms with van der Waals surface area (Å²) >= 11 is 0. The maximum atomic E-state index is 14.3. The van der Waals surface area contributed by atoms with Crippen LogP contribution in [0.1, 0.15) is 25.6 Å². The van der Waals surface area contributed by atoms with Crippen molar-refractivity contribution in [1.29, 1.82) is 0 Å². The average molecular weight is 291 g/mol. The van der Waals surface area contributed by atoms with Gasteiger partial charge in [0.15, 0.2) is 5.82 Å². The topological polar surface area (TPSA) is 69.2 Å². The summed E-state index contributed by atoms with van der Waals surface area (Å²) in [6.45, 7) is 2.34. The van der Waals surface area contributed by atoms with Crippen molar-refractivity contribution in [3.63, 3.8) is 0 Å². The number of halogens is 1. The van der Waals surface area contributed by atoms with E-state index in [1.165, 1.54) is 6.07 Å². The summed E-state index contributed by atoms with van der Waals surface area (Å²) in [7, 11) is 1.73. The maximum absolute atomic E-state index is 14.3. The highest BCUT2D eigenvalue weighted by atomic mass is 19.1. The molecule has 2 aromatic rings. The monoisotopic (exact) mass is 291 g/mol. The molecule has 1 aromatic heterocycles. The fourth-order valence-electron chi connectivity index (χ4n) is 2.40. The Morgan fingerprint density at radius 3 is 2.81 bits per heavy atom. The molecule has 1 aliphatic carbocycles. The number of nitrogens with zero attached hydrogens (tertiary/aromatic N) is 2. The zero-order valence-electron chi connectivity index (χ0n) is 12.1. The van der Waals surface area contributed by atoms with Gasteiger partial charge in [0.25, 0.3) is 5.56 Å². The summed E-state index contributed by atoms with van der Waals surface area (Å²) < 4.78 is 14.3. The van der Waals surface area contributed by atoms with Crippen LogP contribution in [0, 0.1) is 5.82 Å². The number of H-pyrrole nitrogens is 1. The molecule has 0 saturated heterocycles. The number of anilines is 1. The Balaban J connectivity index is 2.16. The lowest BCUT2D eigenvalue weighted by Gasteiger charge is -2.18. The van der Waals surface area contributed by atoms with Crippen molar-refractivity contribution in [2.45, 2.75) is 25.2 Å². The molecule has 1 aromatic carbocycles. The summed E-state index contributed by atoms with van der Waals surface area (Å²) in [5.41, 5.74) is 0.225. The Bertz CT molecular complexity index is 752. The quantitative estimate of drug-likeness (QED) is 0.896. The number of benzene rings is 1. The second-order valence-corrected chi connectivity index (χ2v) is 5.94. The first-order valence-corrected chi connectivity index (χ1v) is 7.01. The Labute approximate surface area is 121 Å². The van der Waals surface area contributed by atoms with E-state index >= 15 is 0 Å². The molecule has 6 heteroatoms. The molecule has 0 amide bonds. The minimum Gasteiger partial charge on any atom is -0.395 e. The number of aliphatic hydroxyl groups excluding tert-OH is 1. The first-order valence-electron chi connectivity index (χ1n) is 7.01. The summed E-state index contributed by atoms with van der Waals surface area (Å²) in [6.07, 6.45) is 1.92. The molecule has 0 spiro atoms. The molecule has 0 aliphatic heterocycles. The van der Waals surface area contributed by atoms with Gasteiger partial charge in [-0.25, -0.2) is 9.37 Å². The van der Waals surface area contributed by atoms with Gasteiger partial charge in [0.05, 0.1) is 12.0 Å². The molecule has 2 N–H and O–H groups in total. The van der Waals surface area contributed by atoms with Crippen LogP contribution in [-0.4, -0.2) is 35.3 Å². The SMILES string of the molecule is CN(CCO)c1cc(F)c2nc(C3(C)CC3)[nH]c(=O)c2c1. The van der Waals surface area contributed by atoms with E-state index in [9.17, 15) is 9.18 Å². The predicted octanol–water partition coefficient (Wildman–Crippen LogP) is 1.54. The molecule has 3 rings (SSSR count). The summed E-state index contributed by atoms with van der Waals surface area (Å²) in [6, 6.07) is 2.96. The van der Waals surface area contributed by atoms with Crippen LogP contribution in [0.25, 0.3) is 10.9 Å². The number of likely N-dealkylation sites (N-methyl/N-ethyl adjacent to an activating group) is 1. The van der Waals surface area contributed by atoms with Crippen molar-refractivity contribution >= 4 is 16.6 Å². The normalized spacial score (nSPS) is 16.2. The van der Waals surface area contributed by atoms with E-state index in [4.69, 9.17) is 5.11 Å². The first kappa shape index (κ1) is 14.0. The van der Waals surface area contributed by atoms with Crippen LogP contribution in [0.4, 0.5) is 10.1 Å². The zero-order chi connectivity index (χ0) is 15.2. The number of aliphatic hydroxyl groups is 1. The lowest BCUT2D eigenvalue weighted by Crippen LogP contribution is -2.22. The van der Waals surface area contributed by atoms with Gasteiger partial charge in [-0.3, -0.25) is 4.79 Å². The number of rotatable bonds is 4. The van der Waals surface area contributed by atoms with Crippen molar-refractivity contribution < 1.29 is 9.50 Å². The second-order valence-electron chi connectivity index (χ2n) is 5.94. The molecule has 1 fully saturated rings. The van der Waals surface area contributed by atoms with Gasteiger partial charge in [-0.05, 0) is 25.0 Å². The highest BCUT2D eigenvalue weighted by Crippen LogP contribution is 2.45. The maximum Gasteiger partial charge on any atom is 0.258 e. The molecule has 1 saturated carbocycles. The molecular weight excluding hydrogens is 273 g/mol. The summed E-state index contributed by atoms with van der Waals surface area (Å²) in [4.78, 5) is 21.0. The van der Waals surface area contributed by atoms with Gasteiger partial charge in [0, 0.05) is 24.7 Å². The average Bonchev–Trinajstić information content (AvgIpc) is 3.19. The number of aromatic amines is 1. The third-order valence-electron chi connectivity index (χ3n) is 4.20. The number of aromatic nitrogens is 2. The molecule has 5 nitrogen and oxygen atoms in total. The van der Waals surface area contributed by atoms with Crippen molar-refractivity contribution in [2.75, 3.05) is 25.1 Å². The lowest BCUT2D eigenvalue weighted by atomic mass is 10.1. The third-order valence-corrected chi connectivity index (χ3v) is 4.20. The van der Waals surface area contributed by atoms with Crippen LogP contribution in [0.3, 0.4) is 0 Å². The van der Waals surface area contributed by atoms with E-state index in [1.807, 2.05) is 6.92 Å². The Morgan fingerprint density at radius 1 is 1.48 bits per heavy atom. The standard InChI is InChI=1S/C15H18FN3O2/c1-15(3-4-15)14-17-12-10(13(21)18-14)7-9(8-11(12)16)19(2)5-6-20/h7-8,20H,3-6H2,1-2H3,(H,17,18,21). The van der Waals surface area contributed by atoms with Crippen LogP contribution in [0.5, 0.6) is 0 Å². The lowest BCUT2D eigenvalue weighted by molar-refractivity contribution is 0.304. The molecule has 0 atom stereocenters.